The molecule has 1 aromatic heterocycles. The van der Waals surface area contributed by atoms with E-state index >= 15 is 0 Å². The molecule has 0 fully saturated rings. The van der Waals surface area contributed by atoms with E-state index < -0.39 is 0 Å². The lowest BCUT2D eigenvalue weighted by atomic mass is 10.3. The molecule has 0 aliphatic carbocycles. The number of ether oxygens (including phenoxy) is 1. The van der Waals surface area contributed by atoms with Crippen molar-refractivity contribution in [2.75, 3.05) is 5.43 Å². The maximum Gasteiger partial charge on any atom is 0.140 e. The van der Waals surface area contributed by atoms with Gasteiger partial charge in [0, 0.05) is 10.7 Å². The number of nitrogens with two attached hydrogens (primary N) is 1. The molecule has 0 atom stereocenters. The zero-order valence-electron chi connectivity index (χ0n) is 9.36. The van der Waals surface area contributed by atoms with Crippen LogP contribution in [0.5, 0.6) is 5.75 Å². The first-order valence-electron chi connectivity index (χ1n) is 5.18. The van der Waals surface area contributed by atoms with Crippen molar-refractivity contribution < 1.29 is 4.74 Å². The Labute approximate surface area is 118 Å². The van der Waals surface area contributed by atoms with Crippen LogP contribution in [0.1, 0.15) is 5.56 Å². The lowest BCUT2D eigenvalue weighted by molar-refractivity contribution is 0.306. The van der Waals surface area contributed by atoms with Gasteiger partial charge in [-0.3, -0.25) is 0 Å². The van der Waals surface area contributed by atoms with E-state index in [1.807, 2.05) is 24.3 Å². The van der Waals surface area contributed by atoms with Crippen LogP contribution in [0.4, 0.5) is 5.82 Å². The standard InChI is InChI=1S/C12H11BrClN3O/c13-9-1-2-11(10(14)6-9)18-7-8-3-4-16-12(5-8)17-15/h1-6H,7,15H2,(H,16,17). The van der Waals surface area contributed by atoms with E-state index in [1.54, 1.807) is 12.3 Å². The second kappa shape index (κ2) is 6.04. The summed E-state index contributed by atoms with van der Waals surface area (Å²) >= 11 is 9.40. The van der Waals surface area contributed by atoms with Gasteiger partial charge in [0.15, 0.2) is 0 Å². The molecule has 0 amide bonds. The summed E-state index contributed by atoms with van der Waals surface area (Å²) in [6.45, 7) is 0.401. The van der Waals surface area contributed by atoms with E-state index in [0.717, 1.165) is 10.0 Å². The van der Waals surface area contributed by atoms with Crippen LogP contribution in [0.15, 0.2) is 41.0 Å². The molecule has 4 nitrogen and oxygen atoms in total. The summed E-state index contributed by atoms with van der Waals surface area (Å²) in [7, 11) is 0. The lowest BCUT2D eigenvalue weighted by Gasteiger charge is -2.09. The number of nitrogen functional groups attached to an aromatic ring is 1. The molecule has 18 heavy (non-hydrogen) atoms. The predicted molar refractivity (Wildman–Crippen MR) is 75.5 cm³/mol. The number of halogens is 2. The Hall–Kier alpha value is -1.30. The van der Waals surface area contributed by atoms with Crippen LogP contribution >= 0.6 is 27.5 Å². The molecule has 6 heteroatoms. The lowest BCUT2D eigenvalue weighted by Crippen LogP contribution is -2.09. The van der Waals surface area contributed by atoms with Crippen molar-refractivity contribution in [1.82, 2.24) is 4.98 Å². The van der Waals surface area contributed by atoms with Crippen molar-refractivity contribution in [1.29, 1.82) is 0 Å². The summed E-state index contributed by atoms with van der Waals surface area (Å²) in [6, 6.07) is 9.15. The largest absolute Gasteiger partial charge is 0.487 e. The number of benzene rings is 1. The van der Waals surface area contributed by atoms with Gasteiger partial charge >= 0.3 is 0 Å². The third-order valence-electron chi connectivity index (χ3n) is 2.26. The molecular weight excluding hydrogens is 318 g/mol. The second-order valence-corrected chi connectivity index (χ2v) is 4.88. The predicted octanol–water partition coefficient (Wildman–Crippen LogP) is 3.36. The van der Waals surface area contributed by atoms with Gasteiger partial charge in [-0.1, -0.05) is 27.5 Å². The third-order valence-corrected chi connectivity index (χ3v) is 3.05. The maximum atomic E-state index is 6.05. The highest BCUT2D eigenvalue weighted by atomic mass is 79.9. The van der Waals surface area contributed by atoms with Crippen LogP contribution in [0.2, 0.25) is 5.02 Å². The number of rotatable bonds is 4. The van der Waals surface area contributed by atoms with Crippen LogP contribution < -0.4 is 16.0 Å². The van der Waals surface area contributed by atoms with Crippen LogP contribution in [0.25, 0.3) is 0 Å². The summed E-state index contributed by atoms with van der Waals surface area (Å²) in [5, 5.41) is 0.565. The van der Waals surface area contributed by atoms with Crippen LogP contribution in [0.3, 0.4) is 0 Å². The molecule has 94 valence electrons. The van der Waals surface area contributed by atoms with Gasteiger partial charge in [-0.05, 0) is 35.9 Å². The van der Waals surface area contributed by atoms with E-state index in [0.29, 0.717) is 23.2 Å². The van der Waals surface area contributed by atoms with Crippen molar-refractivity contribution in [2.45, 2.75) is 6.61 Å². The molecule has 3 N–H and O–H groups in total. The Balaban J connectivity index is 2.06. The Morgan fingerprint density at radius 3 is 2.89 bits per heavy atom. The van der Waals surface area contributed by atoms with Crippen LogP contribution in [0, 0.1) is 0 Å². The smallest absolute Gasteiger partial charge is 0.140 e. The number of aromatic nitrogens is 1. The normalized spacial score (nSPS) is 10.2. The quantitative estimate of drug-likeness (QED) is 0.667. The summed E-state index contributed by atoms with van der Waals surface area (Å²) in [4.78, 5) is 4.02. The molecule has 0 spiro atoms. The molecule has 0 aliphatic rings. The molecule has 2 rings (SSSR count). The SMILES string of the molecule is NNc1cc(COc2ccc(Br)cc2Cl)ccn1. The van der Waals surface area contributed by atoms with Gasteiger partial charge < -0.3 is 10.2 Å². The van der Waals surface area contributed by atoms with E-state index in [1.165, 1.54) is 0 Å². The van der Waals surface area contributed by atoms with Crippen molar-refractivity contribution in [3.05, 3.63) is 51.6 Å². The van der Waals surface area contributed by atoms with E-state index in [4.69, 9.17) is 22.2 Å². The molecule has 1 aromatic carbocycles. The molecule has 1 heterocycles. The van der Waals surface area contributed by atoms with Gasteiger partial charge in [-0.25, -0.2) is 10.8 Å². The third kappa shape index (κ3) is 3.35. The minimum absolute atomic E-state index is 0.401. The zero-order valence-corrected chi connectivity index (χ0v) is 11.7. The first-order valence-corrected chi connectivity index (χ1v) is 6.35. The van der Waals surface area contributed by atoms with Gasteiger partial charge in [0.2, 0.25) is 0 Å². The van der Waals surface area contributed by atoms with Gasteiger partial charge in [-0.2, -0.15) is 0 Å². The molecule has 0 aliphatic heterocycles. The summed E-state index contributed by atoms with van der Waals surface area (Å²) in [5.74, 6) is 6.52. The zero-order chi connectivity index (χ0) is 13.0. The summed E-state index contributed by atoms with van der Waals surface area (Å²) in [6.07, 6.45) is 1.66. The van der Waals surface area contributed by atoms with Crippen LogP contribution in [-0.4, -0.2) is 4.98 Å². The average Bonchev–Trinajstić information content (AvgIpc) is 2.38. The highest BCUT2D eigenvalue weighted by Gasteiger charge is 2.03. The topological polar surface area (TPSA) is 60.2 Å². The van der Waals surface area contributed by atoms with Crippen LogP contribution in [-0.2, 0) is 6.61 Å². The van der Waals surface area contributed by atoms with Crippen molar-refractivity contribution in [3.63, 3.8) is 0 Å². The Kier molecular flexibility index (Phi) is 4.41. The van der Waals surface area contributed by atoms with Gasteiger partial charge in [-0.15, -0.1) is 0 Å². The molecule has 0 bridgehead atoms. The maximum absolute atomic E-state index is 6.05. The molecule has 0 unspecified atom stereocenters. The Bertz CT molecular complexity index is 551. The fourth-order valence-corrected chi connectivity index (χ4v) is 2.12. The first-order chi connectivity index (χ1) is 8.69. The first kappa shape index (κ1) is 13.1. The minimum atomic E-state index is 0.401. The fraction of sp³-hybridized carbons (Fsp3) is 0.0833. The van der Waals surface area contributed by atoms with E-state index in [9.17, 15) is 0 Å². The van der Waals surface area contributed by atoms with Crippen molar-refractivity contribution in [2.24, 2.45) is 5.84 Å². The average molecular weight is 329 g/mol. The monoisotopic (exact) mass is 327 g/mol. The van der Waals surface area contributed by atoms with Gasteiger partial charge in [0.1, 0.15) is 18.2 Å². The van der Waals surface area contributed by atoms with E-state index in [-0.39, 0.29) is 0 Å². The number of hydrazine groups is 1. The Morgan fingerprint density at radius 2 is 2.17 bits per heavy atom. The highest BCUT2D eigenvalue weighted by molar-refractivity contribution is 9.10. The Morgan fingerprint density at radius 1 is 1.33 bits per heavy atom. The van der Waals surface area contributed by atoms with Gasteiger partial charge in [0.25, 0.3) is 0 Å². The van der Waals surface area contributed by atoms with Crippen molar-refractivity contribution >= 4 is 33.3 Å². The molecule has 2 aromatic rings. The number of hydrogen-bond acceptors (Lipinski definition) is 4. The fourth-order valence-electron chi connectivity index (χ4n) is 1.40. The summed E-state index contributed by atoms with van der Waals surface area (Å²) in [5.41, 5.74) is 3.44. The molecule has 0 saturated carbocycles. The number of pyridine rings is 1. The molecule has 0 radical (unpaired) electrons. The number of nitrogens with zero attached hydrogens (tertiary/aromatic N) is 1. The molecule has 0 saturated heterocycles. The van der Waals surface area contributed by atoms with Gasteiger partial charge in [0.05, 0.1) is 5.02 Å². The highest BCUT2D eigenvalue weighted by Crippen LogP contribution is 2.28. The van der Waals surface area contributed by atoms with E-state index in [2.05, 4.69) is 26.3 Å². The molecular formula is C12H11BrClN3O. The number of hydrogen-bond donors (Lipinski definition) is 2. The minimum Gasteiger partial charge on any atom is -0.487 e. The van der Waals surface area contributed by atoms with Crippen molar-refractivity contribution in [3.8, 4) is 5.75 Å². The number of anilines is 1. The number of nitrogens with one attached hydrogen (secondary N) is 1. The second-order valence-electron chi connectivity index (χ2n) is 3.56. The summed E-state index contributed by atoms with van der Waals surface area (Å²) < 4.78 is 6.54.